The summed E-state index contributed by atoms with van der Waals surface area (Å²) < 4.78 is 7.55. The number of hydrogen-bond acceptors (Lipinski definition) is 5. The number of pyridine rings is 1. The van der Waals surface area contributed by atoms with Gasteiger partial charge in [0.1, 0.15) is 0 Å². The highest BCUT2D eigenvalue weighted by Crippen LogP contribution is 2.16. The fraction of sp³-hybridized carbons (Fsp3) is 0.304. The van der Waals surface area contributed by atoms with Gasteiger partial charge in [0.25, 0.3) is 5.91 Å². The van der Waals surface area contributed by atoms with Crippen LogP contribution in [0.3, 0.4) is 0 Å². The molecule has 0 aliphatic carbocycles. The van der Waals surface area contributed by atoms with Crippen LogP contribution in [0.25, 0.3) is 0 Å². The van der Waals surface area contributed by atoms with Crippen LogP contribution in [0, 0.1) is 0 Å². The molecule has 31 heavy (non-hydrogen) atoms. The number of benzene rings is 1. The number of anilines is 1. The van der Waals surface area contributed by atoms with Gasteiger partial charge in [-0.25, -0.2) is 9.97 Å². The van der Waals surface area contributed by atoms with E-state index in [2.05, 4.69) is 27.5 Å². The number of nitrogens with zero attached hydrogens (tertiary/aromatic N) is 3. The Morgan fingerprint density at radius 3 is 2.87 bits per heavy atom. The van der Waals surface area contributed by atoms with Gasteiger partial charge in [0.15, 0.2) is 0 Å². The Hall–Kier alpha value is -3.68. The number of carbonyl (C=O) groups is 2. The molecule has 0 saturated carbocycles. The number of ether oxygens (including phenoxy) is 1. The first-order valence-electron chi connectivity index (χ1n) is 10.4. The summed E-state index contributed by atoms with van der Waals surface area (Å²) in [5, 5.41) is 5.72. The van der Waals surface area contributed by atoms with E-state index in [1.54, 1.807) is 49.2 Å². The van der Waals surface area contributed by atoms with Crippen LogP contribution in [-0.2, 0) is 17.9 Å². The lowest BCUT2D eigenvalue weighted by molar-refractivity contribution is -0.116. The van der Waals surface area contributed by atoms with Gasteiger partial charge < -0.3 is 19.9 Å². The zero-order valence-electron chi connectivity index (χ0n) is 17.6. The summed E-state index contributed by atoms with van der Waals surface area (Å²) in [5.74, 6) is 0.170. The second-order valence-corrected chi connectivity index (χ2v) is 7.03. The van der Waals surface area contributed by atoms with Crippen LogP contribution < -0.4 is 15.4 Å². The van der Waals surface area contributed by atoms with E-state index in [4.69, 9.17) is 4.74 Å². The van der Waals surface area contributed by atoms with Crippen LogP contribution in [-0.4, -0.2) is 33.0 Å². The highest BCUT2D eigenvalue weighted by Gasteiger charge is 2.10. The molecule has 0 saturated heterocycles. The molecule has 0 aliphatic heterocycles. The number of unbranched alkanes of at least 4 members (excludes halogenated alkanes) is 1. The van der Waals surface area contributed by atoms with E-state index in [1.807, 2.05) is 16.7 Å². The van der Waals surface area contributed by atoms with E-state index < -0.39 is 0 Å². The van der Waals surface area contributed by atoms with Crippen LogP contribution in [0.4, 0.5) is 5.69 Å². The fourth-order valence-corrected chi connectivity index (χ4v) is 2.89. The van der Waals surface area contributed by atoms with E-state index in [0.717, 1.165) is 18.4 Å². The number of hydrogen-bond donors (Lipinski definition) is 2. The van der Waals surface area contributed by atoms with Crippen molar-refractivity contribution in [2.45, 2.75) is 39.3 Å². The van der Waals surface area contributed by atoms with E-state index in [-0.39, 0.29) is 11.8 Å². The molecule has 3 aromatic rings. The molecule has 0 fully saturated rings. The first-order chi connectivity index (χ1) is 15.2. The monoisotopic (exact) mass is 421 g/mol. The van der Waals surface area contributed by atoms with Crippen LogP contribution in [0.1, 0.15) is 42.1 Å². The van der Waals surface area contributed by atoms with Crippen molar-refractivity contribution in [2.24, 2.45) is 0 Å². The van der Waals surface area contributed by atoms with Gasteiger partial charge in [-0.05, 0) is 30.7 Å². The van der Waals surface area contributed by atoms with E-state index in [9.17, 15) is 9.59 Å². The van der Waals surface area contributed by atoms with Crippen molar-refractivity contribution in [3.63, 3.8) is 0 Å². The summed E-state index contributed by atoms with van der Waals surface area (Å²) in [6.07, 6.45) is 9.12. The Bertz CT molecular complexity index is 988. The first-order valence-corrected chi connectivity index (χ1v) is 10.4. The maximum Gasteiger partial charge on any atom is 0.251 e. The summed E-state index contributed by atoms with van der Waals surface area (Å²) in [7, 11) is 0. The van der Waals surface area contributed by atoms with E-state index in [0.29, 0.717) is 43.2 Å². The SMILES string of the molecule is CCCCOc1ncccc1CNC(=O)c1cccc(NC(=O)CCn2ccnc2)c1. The predicted octanol–water partition coefficient (Wildman–Crippen LogP) is 3.42. The maximum atomic E-state index is 12.6. The summed E-state index contributed by atoms with van der Waals surface area (Å²) >= 11 is 0. The largest absolute Gasteiger partial charge is 0.477 e. The second kappa shape index (κ2) is 11.5. The van der Waals surface area contributed by atoms with Gasteiger partial charge in [0, 0.05) is 54.9 Å². The number of carbonyl (C=O) groups excluding carboxylic acids is 2. The Morgan fingerprint density at radius 2 is 2.06 bits per heavy atom. The number of aromatic nitrogens is 3. The van der Waals surface area contributed by atoms with Crippen molar-refractivity contribution in [3.05, 3.63) is 72.4 Å². The Morgan fingerprint density at radius 1 is 1.16 bits per heavy atom. The molecule has 2 N–H and O–H groups in total. The van der Waals surface area contributed by atoms with Crippen molar-refractivity contribution < 1.29 is 14.3 Å². The smallest absolute Gasteiger partial charge is 0.251 e. The molecule has 3 rings (SSSR count). The van der Waals surface area contributed by atoms with Crippen LogP contribution >= 0.6 is 0 Å². The Kier molecular flexibility index (Phi) is 8.16. The van der Waals surface area contributed by atoms with Crippen molar-refractivity contribution in [3.8, 4) is 5.88 Å². The number of aryl methyl sites for hydroxylation is 1. The third kappa shape index (κ3) is 6.95. The average molecular weight is 422 g/mol. The minimum Gasteiger partial charge on any atom is -0.477 e. The Labute approximate surface area is 181 Å². The van der Waals surface area contributed by atoms with Gasteiger partial charge >= 0.3 is 0 Å². The number of nitrogens with one attached hydrogen (secondary N) is 2. The lowest BCUT2D eigenvalue weighted by Gasteiger charge is -2.11. The van der Waals surface area contributed by atoms with Crippen LogP contribution in [0.2, 0.25) is 0 Å². The minimum absolute atomic E-state index is 0.129. The zero-order valence-corrected chi connectivity index (χ0v) is 17.6. The molecule has 0 bridgehead atoms. The predicted molar refractivity (Wildman–Crippen MR) is 118 cm³/mol. The van der Waals surface area contributed by atoms with Crippen molar-refractivity contribution in [2.75, 3.05) is 11.9 Å². The molecule has 0 radical (unpaired) electrons. The summed E-state index contributed by atoms with van der Waals surface area (Å²) in [4.78, 5) is 33.0. The third-order valence-corrected chi connectivity index (χ3v) is 4.59. The fourth-order valence-electron chi connectivity index (χ4n) is 2.89. The number of amides is 2. The lowest BCUT2D eigenvalue weighted by atomic mass is 10.1. The van der Waals surface area contributed by atoms with Gasteiger partial charge in [0.2, 0.25) is 11.8 Å². The molecule has 162 valence electrons. The van der Waals surface area contributed by atoms with E-state index >= 15 is 0 Å². The molecule has 8 nitrogen and oxygen atoms in total. The van der Waals surface area contributed by atoms with Crippen molar-refractivity contribution >= 4 is 17.5 Å². The average Bonchev–Trinajstić information content (AvgIpc) is 3.31. The summed E-state index contributed by atoms with van der Waals surface area (Å²) in [6, 6.07) is 10.6. The highest BCUT2D eigenvalue weighted by atomic mass is 16.5. The normalized spacial score (nSPS) is 10.5. The molecule has 0 unspecified atom stereocenters. The minimum atomic E-state index is -0.238. The molecule has 2 heterocycles. The topological polar surface area (TPSA) is 98.1 Å². The molecule has 1 aromatic carbocycles. The molecule has 2 aromatic heterocycles. The van der Waals surface area contributed by atoms with Gasteiger partial charge in [-0.1, -0.05) is 25.5 Å². The van der Waals surface area contributed by atoms with Crippen molar-refractivity contribution in [1.82, 2.24) is 19.9 Å². The first kappa shape index (κ1) is 22.0. The second-order valence-electron chi connectivity index (χ2n) is 7.03. The molecule has 0 aliphatic rings. The third-order valence-electron chi connectivity index (χ3n) is 4.59. The molecule has 0 spiro atoms. The number of imidazole rings is 1. The molecule has 8 heteroatoms. The Balaban J connectivity index is 1.53. The lowest BCUT2D eigenvalue weighted by Crippen LogP contribution is -2.23. The van der Waals surface area contributed by atoms with Crippen LogP contribution in [0.15, 0.2) is 61.3 Å². The molecular formula is C23H27N5O3. The quantitative estimate of drug-likeness (QED) is 0.462. The maximum absolute atomic E-state index is 12.6. The van der Waals surface area contributed by atoms with Gasteiger partial charge in [0.05, 0.1) is 12.9 Å². The van der Waals surface area contributed by atoms with Crippen molar-refractivity contribution in [1.29, 1.82) is 0 Å². The summed E-state index contributed by atoms with van der Waals surface area (Å²) in [6.45, 7) is 3.53. The molecule has 2 amide bonds. The standard InChI is InChI=1S/C23H27N5O3/c1-2-3-14-31-23-19(7-5-10-25-23)16-26-22(30)18-6-4-8-20(15-18)27-21(29)9-12-28-13-11-24-17-28/h4-8,10-11,13,15,17H,2-3,9,12,14,16H2,1H3,(H,26,30)(H,27,29). The van der Waals surface area contributed by atoms with Crippen LogP contribution in [0.5, 0.6) is 5.88 Å². The molecule has 0 atom stereocenters. The highest BCUT2D eigenvalue weighted by molar-refractivity contribution is 5.97. The van der Waals surface area contributed by atoms with Gasteiger partial charge in [-0.3, -0.25) is 9.59 Å². The van der Waals surface area contributed by atoms with E-state index in [1.165, 1.54) is 0 Å². The zero-order chi connectivity index (χ0) is 21.9. The van der Waals surface area contributed by atoms with Gasteiger partial charge in [-0.2, -0.15) is 0 Å². The van der Waals surface area contributed by atoms with Gasteiger partial charge in [-0.15, -0.1) is 0 Å². The molecular weight excluding hydrogens is 394 g/mol. The summed E-state index contributed by atoms with van der Waals surface area (Å²) in [5.41, 5.74) is 1.86. The number of rotatable bonds is 11.